The Kier molecular flexibility index (Phi) is 3.69. The standard InChI is InChI=1S/C13H19ClN2S/c14-7-11-9-17-13(15-11)5-6-16(12-3-4-12)8-10-1-2-10/h9-10,12H,1-8H2. The van der Waals surface area contributed by atoms with E-state index in [1.807, 2.05) is 0 Å². The fourth-order valence-corrected chi connectivity index (χ4v) is 3.27. The average Bonchev–Trinajstić information content (AvgIpc) is 3.24. The van der Waals surface area contributed by atoms with Gasteiger partial charge in [-0.15, -0.1) is 22.9 Å². The van der Waals surface area contributed by atoms with E-state index < -0.39 is 0 Å². The Morgan fingerprint density at radius 2 is 2.18 bits per heavy atom. The summed E-state index contributed by atoms with van der Waals surface area (Å²) in [7, 11) is 0. The van der Waals surface area contributed by atoms with Crippen molar-refractivity contribution >= 4 is 22.9 Å². The highest BCUT2D eigenvalue weighted by Gasteiger charge is 2.33. The molecule has 2 saturated carbocycles. The second-order valence-corrected chi connectivity index (χ2v) is 6.50. The van der Waals surface area contributed by atoms with Gasteiger partial charge < -0.3 is 0 Å². The van der Waals surface area contributed by atoms with Crippen molar-refractivity contribution in [3.8, 4) is 0 Å². The molecule has 0 N–H and O–H groups in total. The zero-order valence-electron chi connectivity index (χ0n) is 10.1. The smallest absolute Gasteiger partial charge is 0.0941 e. The van der Waals surface area contributed by atoms with E-state index in [4.69, 9.17) is 11.6 Å². The van der Waals surface area contributed by atoms with E-state index in [1.54, 1.807) is 11.3 Å². The van der Waals surface area contributed by atoms with Gasteiger partial charge in [-0.3, -0.25) is 4.90 Å². The molecule has 0 saturated heterocycles. The van der Waals surface area contributed by atoms with Crippen molar-refractivity contribution in [2.45, 2.75) is 44.0 Å². The Labute approximate surface area is 112 Å². The summed E-state index contributed by atoms with van der Waals surface area (Å²) >= 11 is 7.53. The number of rotatable bonds is 7. The van der Waals surface area contributed by atoms with Crippen molar-refractivity contribution in [3.63, 3.8) is 0 Å². The second kappa shape index (κ2) is 5.25. The molecule has 4 heteroatoms. The fourth-order valence-electron chi connectivity index (χ4n) is 2.26. The van der Waals surface area contributed by atoms with Crippen molar-refractivity contribution in [1.29, 1.82) is 0 Å². The number of hydrogen-bond donors (Lipinski definition) is 0. The predicted octanol–water partition coefficient (Wildman–Crippen LogP) is 3.30. The van der Waals surface area contributed by atoms with E-state index in [1.165, 1.54) is 43.8 Å². The van der Waals surface area contributed by atoms with Crippen LogP contribution in [0.4, 0.5) is 0 Å². The third kappa shape index (κ3) is 3.43. The Morgan fingerprint density at radius 1 is 1.35 bits per heavy atom. The molecule has 3 rings (SSSR count). The first-order valence-corrected chi connectivity index (χ1v) is 8.00. The van der Waals surface area contributed by atoms with E-state index >= 15 is 0 Å². The maximum Gasteiger partial charge on any atom is 0.0941 e. The summed E-state index contributed by atoms with van der Waals surface area (Å²) in [5, 5.41) is 3.34. The maximum atomic E-state index is 5.77. The van der Waals surface area contributed by atoms with Crippen LogP contribution in [0.1, 0.15) is 36.4 Å². The number of nitrogens with zero attached hydrogens (tertiary/aromatic N) is 2. The highest BCUT2D eigenvalue weighted by Crippen LogP contribution is 2.34. The van der Waals surface area contributed by atoms with Gasteiger partial charge in [-0.05, 0) is 31.6 Å². The van der Waals surface area contributed by atoms with Crippen LogP contribution in [0.2, 0.25) is 0 Å². The van der Waals surface area contributed by atoms with Gasteiger partial charge in [0, 0.05) is 30.9 Å². The van der Waals surface area contributed by atoms with Crippen LogP contribution in [0, 0.1) is 5.92 Å². The molecule has 2 nitrogen and oxygen atoms in total. The quantitative estimate of drug-likeness (QED) is 0.707. The number of halogens is 1. The van der Waals surface area contributed by atoms with Crippen molar-refractivity contribution in [2.24, 2.45) is 5.92 Å². The zero-order chi connectivity index (χ0) is 11.7. The van der Waals surface area contributed by atoms with Gasteiger partial charge in [0.15, 0.2) is 0 Å². The third-order valence-electron chi connectivity index (χ3n) is 3.60. The molecule has 94 valence electrons. The molecule has 0 aromatic carbocycles. The van der Waals surface area contributed by atoms with Crippen LogP contribution >= 0.6 is 22.9 Å². The summed E-state index contributed by atoms with van der Waals surface area (Å²) in [4.78, 5) is 7.23. The minimum Gasteiger partial charge on any atom is -0.300 e. The minimum atomic E-state index is 0.547. The molecule has 2 aliphatic rings. The van der Waals surface area contributed by atoms with Gasteiger partial charge in [-0.25, -0.2) is 4.98 Å². The molecule has 0 radical (unpaired) electrons. The Hall–Kier alpha value is -0.120. The molecular formula is C13H19ClN2S. The van der Waals surface area contributed by atoms with Gasteiger partial charge in [0.1, 0.15) is 0 Å². The van der Waals surface area contributed by atoms with Crippen LogP contribution in [0.25, 0.3) is 0 Å². The number of aromatic nitrogens is 1. The van der Waals surface area contributed by atoms with Crippen molar-refractivity contribution in [3.05, 3.63) is 16.1 Å². The number of hydrogen-bond acceptors (Lipinski definition) is 3. The molecule has 0 spiro atoms. The van der Waals surface area contributed by atoms with E-state index in [0.717, 1.165) is 24.1 Å². The molecule has 0 atom stereocenters. The third-order valence-corrected chi connectivity index (χ3v) is 4.83. The van der Waals surface area contributed by atoms with Crippen molar-refractivity contribution in [1.82, 2.24) is 9.88 Å². The molecule has 2 aliphatic carbocycles. The van der Waals surface area contributed by atoms with Crippen LogP contribution in [0.3, 0.4) is 0 Å². The summed E-state index contributed by atoms with van der Waals surface area (Å²) in [6.07, 6.45) is 6.84. The molecular weight excluding hydrogens is 252 g/mol. The zero-order valence-corrected chi connectivity index (χ0v) is 11.6. The highest BCUT2D eigenvalue weighted by molar-refractivity contribution is 7.09. The molecule has 1 aromatic rings. The first kappa shape index (κ1) is 11.9. The van der Waals surface area contributed by atoms with Crippen molar-refractivity contribution < 1.29 is 0 Å². The summed E-state index contributed by atoms with van der Waals surface area (Å²) in [5.41, 5.74) is 1.03. The topological polar surface area (TPSA) is 16.1 Å². The molecule has 0 bridgehead atoms. The summed E-state index contributed by atoms with van der Waals surface area (Å²) in [5.74, 6) is 1.55. The van der Waals surface area contributed by atoms with E-state index in [9.17, 15) is 0 Å². The average molecular weight is 271 g/mol. The van der Waals surface area contributed by atoms with Gasteiger partial charge in [0.25, 0.3) is 0 Å². The minimum absolute atomic E-state index is 0.547. The van der Waals surface area contributed by atoms with E-state index in [0.29, 0.717) is 5.88 Å². The van der Waals surface area contributed by atoms with Gasteiger partial charge in [0.2, 0.25) is 0 Å². The molecule has 1 heterocycles. The molecule has 0 amide bonds. The van der Waals surface area contributed by atoms with Crippen LogP contribution in [-0.2, 0) is 12.3 Å². The highest BCUT2D eigenvalue weighted by atomic mass is 35.5. The normalized spacial score (nSPS) is 20.1. The lowest BCUT2D eigenvalue weighted by molar-refractivity contribution is 0.256. The SMILES string of the molecule is ClCc1csc(CCN(CC2CC2)C2CC2)n1. The van der Waals surface area contributed by atoms with Gasteiger partial charge >= 0.3 is 0 Å². The molecule has 0 aliphatic heterocycles. The molecule has 1 aromatic heterocycles. The predicted molar refractivity (Wildman–Crippen MR) is 72.7 cm³/mol. The van der Waals surface area contributed by atoms with E-state index in [2.05, 4.69) is 15.3 Å². The lowest BCUT2D eigenvalue weighted by atomic mass is 10.3. The van der Waals surface area contributed by atoms with Gasteiger partial charge in [-0.1, -0.05) is 0 Å². The van der Waals surface area contributed by atoms with Gasteiger partial charge in [-0.2, -0.15) is 0 Å². The van der Waals surface area contributed by atoms with Crippen LogP contribution in [0.5, 0.6) is 0 Å². The lowest BCUT2D eigenvalue weighted by Gasteiger charge is -2.21. The summed E-state index contributed by atoms with van der Waals surface area (Å²) in [6.45, 7) is 2.52. The van der Waals surface area contributed by atoms with Crippen LogP contribution in [0.15, 0.2) is 5.38 Å². The number of alkyl halides is 1. The fraction of sp³-hybridized carbons (Fsp3) is 0.769. The Balaban J connectivity index is 1.50. The Morgan fingerprint density at radius 3 is 2.76 bits per heavy atom. The van der Waals surface area contributed by atoms with Gasteiger partial charge in [0.05, 0.1) is 16.6 Å². The summed E-state index contributed by atoms with van der Waals surface area (Å²) < 4.78 is 0. The largest absolute Gasteiger partial charge is 0.300 e. The van der Waals surface area contributed by atoms with E-state index in [-0.39, 0.29) is 0 Å². The Bertz CT molecular complexity index is 371. The lowest BCUT2D eigenvalue weighted by Crippen LogP contribution is -2.30. The first-order valence-electron chi connectivity index (χ1n) is 6.58. The molecule has 2 fully saturated rings. The molecule has 17 heavy (non-hydrogen) atoms. The maximum absolute atomic E-state index is 5.77. The first-order chi connectivity index (χ1) is 8.35. The summed E-state index contributed by atoms with van der Waals surface area (Å²) in [6, 6.07) is 0.892. The second-order valence-electron chi connectivity index (χ2n) is 5.29. The monoisotopic (exact) mass is 270 g/mol. The van der Waals surface area contributed by atoms with Crippen LogP contribution in [-0.4, -0.2) is 29.0 Å². The molecule has 0 unspecified atom stereocenters. The number of thiazole rings is 1. The van der Waals surface area contributed by atoms with Crippen molar-refractivity contribution in [2.75, 3.05) is 13.1 Å². The van der Waals surface area contributed by atoms with Crippen LogP contribution < -0.4 is 0 Å².